The molecule has 0 saturated carbocycles. The average molecular weight is 329 g/mol. The Hall–Kier alpha value is -2.65. The molecule has 0 fully saturated rings. The molecule has 126 valence electrons. The van der Waals surface area contributed by atoms with Gasteiger partial charge in [0.15, 0.2) is 0 Å². The summed E-state index contributed by atoms with van der Waals surface area (Å²) >= 11 is 0. The lowest BCUT2D eigenvalue weighted by atomic mass is 10.1. The van der Waals surface area contributed by atoms with E-state index in [0.29, 0.717) is 0 Å². The molecule has 0 saturated heterocycles. The topological polar surface area (TPSA) is 21.1 Å². The van der Waals surface area contributed by atoms with Crippen molar-refractivity contribution in [3.05, 3.63) is 83.7 Å². The van der Waals surface area contributed by atoms with Gasteiger partial charge in [-0.3, -0.25) is 4.90 Å². The van der Waals surface area contributed by atoms with E-state index in [1.54, 1.807) is 0 Å². The number of nitrogens with zero attached hydrogens (tertiary/aromatic N) is 3. The van der Waals surface area contributed by atoms with Crippen molar-refractivity contribution in [1.29, 1.82) is 0 Å². The summed E-state index contributed by atoms with van der Waals surface area (Å²) in [6.45, 7) is 2.96. The van der Waals surface area contributed by atoms with Crippen LogP contribution < -0.4 is 0 Å². The summed E-state index contributed by atoms with van der Waals surface area (Å²) in [5.41, 5.74) is 4.96. The van der Waals surface area contributed by atoms with Gasteiger partial charge in [-0.25, -0.2) is 4.98 Å². The van der Waals surface area contributed by atoms with E-state index in [0.717, 1.165) is 37.4 Å². The van der Waals surface area contributed by atoms with Crippen molar-refractivity contribution in [2.45, 2.75) is 13.0 Å². The van der Waals surface area contributed by atoms with Gasteiger partial charge in [0.2, 0.25) is 0 Å². The van der Waals surface area contributed by atoms with E-state index in [2.05, 4.69) is 83.3 Å². The minimum Gasteiger partial charge on any atom is -0.330 e. The van der Waals surface area contributed by atoms with Gasteiger partial charge < -0.3 is 4.57 Å². The van der Waals surface area contributed by atoms with Crippen LogP contribution in [0.4, 0.5) is 0 Å². The highest BCUT2D eigenvalue weighted by Gasteiger charge is 2.14. The van der Waals surface area contributed by atoms with Crippen molar-refractivity contribution in [2.24, 2.45) is 7.05 Å². The van der Waals surface area contributed by atoms with Crippen LogP contribution in [0.15, 0.2) is 72.3 Å². The molecule has 0 spiro atoms. The summed E-state index contributed by atoms with van der Waals surface area (Å²) in [6.07, 6.45) is 7.88. The minimum absolute atomic E-state index is 0.900. The fourth-order valence-electron chi connectivity index (χ4n) is 3.33. The van der Waals surface area contributed by atoms with Crippen molar-refractivity contribution in [3.63, 3.8) is 0 Å². The van der Waals surface area contributed by atoms with E-state index >= 15 is 0 Å². The number of hydrogen-bond acceptors (Lipinski definition) is 2. The quantitative estimate of drug-likeness (QED) is 0.706. The number of para-hydroxylation sites is 2. The molecule has 0 atom stereocenters. The Morgan fingerprint density at radius 2 is 1.80 bits per heavy atom. The Balaban J connectivity index is 1.42. The standard InChI is InChI=1S/C22H23N3/c1-24-21-10-6-5-9-20(21)23-22(24)17-25-15-13-19(14-16-25)12-11-18-7-3-2-4-8-18/h2-13H,14-17H2,1H3. The maximum atomic E-state index is 4.79. The van der Waals surface area contributed by atoms with E-state index < -0.39 is 0 Å². The average Bonchev–Trinajstić information content (AvgIpc) is 2.98. The maximum Gasteiger partial charge on any atom is 0.123 e. The monoisotopic (exact) mass is 329 g/mol. The molecule has 2 heterocycles. The third kappa shape index (κ3) is 3.57. The van der Waals surface area contributed by atoms with Crippen LogP contribution in [0.5, 0.6) is 0 Å². The second-order valence-corrected chi connectivity index (χ2v) is 6.58. The molecule has 3 aromatic rings. The zero-order valence-electron chi connectivity index (χ0n) is 14.6. The van der Waals surface area contributed by atoms with Gasteiger partial charge in [0, 0.05) is 20.1 Å². The highest BCUT2D eigenvalue weighted by Crippen LogP contribution is 2.19. The molecule has 1 aliphatic rings. The molecule has 0 amide bonds. The number of fused-ring (bicyclic) bond motifs is 1. The molecule has 25 heavy (non-hydrogen) atoms. The number of rotatable bonds is 4. The summed E-state index contributed by atoms with van der Waals surface area (Å²) in [6, 6.07) is 18.8. The number of benzene rings is 2. The molecule has 1 aliphatic heterocycles. The summed E-state index contributed by atoms with van der Waals surface area (Å²) in [5, 5.41) is 0. The predicted octanol–water partition coefficient (Wildman–Crippen LogP) is 4.42. The molecule has 2 aromatic carbocycles. The summed E-state index contributed by atoms with van der Waals surface area (Å²) < 4.78 is 2.21. The molecule has 0 aliphatic carbocycles. The van der Waals surface area contributed by atoms with Gasteiger partial charge in [-0.15, -0.1) is 0 Å². The number of imidazole rings is 1. The van der Waals surface area contributed by atoms with Crippen LogP contribution in [0.2, 0.25) is 0 Å². The molecule has 3 heteroatoms. The second kappa shape index (κ2) is 7.08. The van der Waals surface area contributed by atoms with Gasteiger partial charge in [0.25, 0.3) is 0 Å². The number of aromatic nitrogens is 2. The molecule has 0 unspecified atom stereocenters. The van der Waals surface area contributed by atoms with E-state index in [9.17, 15) is 0 Å². The fraction of sp³-hybridized carbons (Fsp3) is 0.227. The van der Waals surface area contributed by atoms with Crippen LogP contribution in [0, 0.1) is 0 Å². The first-order valence-electron chi connectivity index (χ1n) is 8.84. The lowest BCUT2D eigenvalue weighted by molar-refractivity contribution is 0.278. The van der Waals surface area contributed by atoms with Crippen molar-refractivity contribution in [1.82, 2.24) is 14.5 Å². The second-order valence-electron chi connectivity index (χ2n) is 6.58. The number of allylic oxidation sites excluding steroid dienone is 1. The zero-order chi connectivity index (χ0) is 17.1. The van der Waals surface area contributed by atoms with Crippen LogP contribution in [-0.2, 0) is 13.6 Å². The van der Waals surface area contributed by atoms with Crippen LogP contribution in [0.25, 0.3) is 17.1 Å². The summed E-state index contributed by atoms with van der Waals surface area (Å²) in [7, 11) is 2.11. The largest absolute Gasteiger partial charge is 0.330 e. The Morgan fingerprint density at radius 3 is 2.56 bits per heavy atom. The minimum atomic E-state index is 0.900. The Labute approximate surface area is 148 Å². The molecular weight excluding hydrogens is 306 g/mol. The normalized spacial score (nSPS) is 15.8. The van der Waals surface area contributed by atoms with Gasteiger partial charge in [-0.05, 0) is 29.7 Å². The summed E-state index contributed by atoms with van der Waals surface area (Å²) in [4.78, 5) is 7.25. The molecule has 0 N–H and O–H groups in total. The third-order valence-electron chi connectivity index (χ3n) is 4.86. The van der Waals surface area contributed by atoms with Gasteiger partial charge in [-0.1, -0.05) is 60.7 Å². The van der Waals surface area contributed by atoms with Crippen LogP contribution >= 0.6 is 0 Å². The number of hydrogen-bond donors (Lipinski definition) is 0. The number of aryl methyl sites for hydroxylation is 1. The zero-order valence-corrected chi connectivity index (χ0v) is 14.6. The first kappa shape index (κ1) is 15.9. The van der Waals surface area contributed by atoms with Crippen LogP contribution in [0.3, 0.4) is 0 Å². The van der Waals surface area contributed by atoms with E-state index in [1.807, 2.05) is 6.07 Å². The molecule has 0 radical (unpaired) electrons. The van der Waals surface area contributed by atoms with Gasteiger partial charge in [0.05, 0.1) is 17.6 Å². The van der Waals surface area contributed by atoms with Crippen molar-refractivity contribution in [3.8, 4) is 0 Å². The van der Waals surface area contributed by atoms with E-state index in [1.165, 1.54) is 16.7 Å². The SMILES string of the molecule is Cn1c(CN2CC=C(C=Cc3ccccc3)CC2)nc2ccccc21. The Bertz CT molecular complexity index is 919. The lowest BCUT2D eigenvalue weighted by Crippen LogP contribution is -2.29. The molecule has 4 rings (SSSR count). The lowest BCUT2D eigenvalue weighted by Gasteiger charge is -2.25. The fourth-order valence-corrected chi connectivity index (χ4v) is 3.33. The van der Waals surface area contributed by atoms with Crippen molar-refractivity contribution < 1.29 is 0 Å². The molecule has 0 bridgehead atoms. The molecule has 1 aromatic heterocycles. The third-order valence-corrected chi connectivity index (χ3v) is 4.86. The van der Waals surface area contributed by atoms with Gasteiger partial charge in [0.1, 0.15) is 5.82 Å². The maximum absolute atomic E-state index is 4.79. The molecule has 3 nitrogen and oxygen atoms in total. The van der Waals surface area contributed by atoms with Crippen molar-refractivity contribution >= 4 is 17.1 Å². The van der Waals surface area contributed by atoms with E-state index in [4.69, 9.17) is 4.98 Å². The van der Waals surface area contributed by atoms with Crippen molar-refractivity contribution in [2.75, 3.05) is 13.1 Å². The summed E-state index contributed by atoms with van der Waals surface area (Å²) in [5.74, 6) is 1.14. The smallest absolute Gasteiger partial charge is 0.123 e. The van der Waals surface area contributed by atoms with Gasteiger partial charge in [-0.2, -0.15) is 0 Å². The Morgan fingerprint density at radius 1 is 1.00 bits per heavy atom. The first-order valence-corrected chi connectivity index (χ1v) is 8.84. The van der Waals surface area contributed by atoms with E-state index in [-0.39, 0.29) is 0 Å². The first-order chi connectivity index (χ1) is 12.3. The highest BCUT2D eigenvalue weighted by atomic mass is 15.2. The predicted molar refractivity (Wildman–Crippen MR) is 104 cm³/mol. The van der Waals surface area contributed by atoms with Crippen LogP contribution in [0.1, 0.15) is 17.8 Å². The Kier molecular flexibility index (Phi) is 4.49. The molecular formula is C22H23N3. The highest BCUT2D eigenvalue weighted by molar-refractivity contribution is 5.75. The van der Waals surface area contributed by atoms with Gasteiger partial charge >= 0.3 is 0 Å². The van der Waals surface area contributed by atoms with Crippen LogP contribution in [-0.4, -0.2) is 27.5 Å².